The lowest BCUT2D eigenvalue weighted by molar-refractivity contribution is -0.123. The van der Waals surface area contributed by atoms with Crippen LogP contribution < -0.4 is 10.9 Å². The molecule has 1 amide bonds. The third kappa shape index (κ3) is 5.13. The highest BCUT2D eigenvalue weighted by molar-refractivity contribution is 6.35. The molecule has 2 aromatic carbocycles. The Hall–Kier alpha value is -2.89. The standard InChI is InChI=1S/C22H18Cl2N2O3/c23-17-10-9-15(18(24)14-17)11-12-25-22(29)20(26-13-5-4-8-19(26)27)21(28)16-6-2-1-3-7-16/h1-10,13-14,20H,11-12H2,(H,25,29). The van der Waals surface area contributed by atoms with Crippen LogP contribution in [0.25, 0.3) is 0 Å². The number of pyridine rings is 1. The van der Waals surface area contributed by atoms with Gasteiger partial charge in [0.15, 0.2) is 11.8 Å². The molecule has 29 heavy (non-hydrogen) atoms. The van der Waals surface area contributed by atoms with Gasteiger partial charge in [-0.2, -0.15) is 0 Å². The average molecular weight is 429 g/mol. The highest BCUT2D eigenvalue weighted by Crippen LogP contribution is 2.21. The molecule has 1 aromatic heterocycles. The van der Waals surface area contributed by atoms with E-state index in [1.54, 1.807) is 60.7 Å². The first-order valence-electron chi connectivity index (χ1n) is 8.95. The summed E-state index contributed by atoms with van der Waals surface area (Å²) in [5, 5.41) is 3.77. The van der Waals surface area contributed by atoms with E-state index < -0.39 is 23.3 Å². The zero-order valence-electron chi connectivity index (χ0n) is 15.3. The lowest BCUT2D eigenvalue weighted by Gasteiger charge is -2.18. The number of nitrogens with one attached hydrogen (secondary N) is 1. The predicted molar refractivity (Wildman–Crippen MR) is 114 cm³/mol. The zero-order valence-corrected chi connectivity index (χ0v) is 16.9. The Balaban J connectivity index is 1.80. The van der Waals surface area contributed by atoms with E-state index in [1.165, 1.54) is 12.3 Å². The minimum Gasteiger partial charge on any atom is -0.354 e. The van der Waals surface area contributed by atoms with Crippen LogP contribution in [0.3, 0.4) is 0 Å². The van der Waals surface area contributed by atoms with Crippen molar-refractivity contribution in [2.45, 2.75) is 12.5 Å². The Kier molecular flexibility index (Phi) is 6.86. The second-order valence-electron chi connectivity index (χ2n) is 6.36. The van der Waals surface area contributed by atoms with E-state index in [0.717, 1.165) is 10.1 Å². The predicted octanol–water partition coefficient (Wildman–Crippen LogP) is 3.94. The van der Waals surface area contributed by atoms with Gasteiger partial charge < -0.3 is 5.32 Å². The van der Waals surface area contributed by atoms with Crippen molar-refractivity contribution in [3.8, 4) is 0 Å². The number of aromatic nitrogens is 1. The number of benzene rings is 2. The molecule has 1 atom stereocenters. The summed E-state index contributed by atoms with van der Waals surface area (Å²) in [5.41, 5.74) is 0.737. The molecule has 3 aromatic rings. The van der Waals surface area contributed by atoms with Crippen molar-refractivity contribution in [2.75, 3.05) is 6.54 Å². The summed E-state index contributed by atoms with van der Waals surface area (Å²) in [7, 11) is 0. The first kappa shape index (κ1) is 20.8. The highest BCUT2D eigenvalue weighted by Gasteiger charge is 2.29. The second kappa shape index (κ2) is 9.54. The van der Waals surface area contributed by atoms with Crippen molar-refractivity contribution in [1.82, 2.24) is 9.88 Å². The maximum Gasteiger partial charge on any atom is 0.251 e. The molecule has 1 heterocycles. The molecule has 1 unspecified atom stereocenters. The Morgan fingerprint density at radius 1 is 0.966 bits per heavy atom. The monoisotopic (exact) mass is 428 g/mol. The molecule has 0 saturated carbocycles. The van der Waals surface area contributed by atoms with E-state index >= 15 is 0 Å². The summed E-state index contributed by atoms with van der Waals surface area (Å²) < 4.78 is 1.14. The number of Topliss-reactive ketones (excluding diaryl/α,β-unsaturated/α-hetero) is 1. The molecular formula is C22H18Cl2N2O3. The van der Waals surface area contributed by atoms with Gasteiger partial charge in [0.25, 0.3) is 11.5 Å². The molecule has 0 spiro atoms. The number of ketones is 1. The molecule has 0 aliphatic carbocycles. The Morgan fingerprint density at radius 3 is 2.38 bits per heavy atom. The quantitative estimate of drug-likeness (QED) is 0.457. The first-order valence-corrected chi connectivity index (χ1v) is 9.71. The van der Waals surface area contributed by atoms with E-state index in [9.17, 15) is 14.4 Å². The number of carbonyl (C=O) groups is 2. The van der Waals surface area contributed by atoms with Crippen molar-refractivity contribution in [1.29, 1.82) is 0 Å². The minimum atomic E-state index is -1.30. The molecule has 0 aliphatic rings. The fourth-order valence-corrected chi connectivity index (χ4v) is 3.43. The smallest absolute Gasteiger partial charge is 0.251 e. The van der Waals surface area contributed by atoms with Crippen molar-refractivity contribution in [3.05, 3.63) is 104 Å². The van der Waals surface area contributed by atoms with Crippen molar-refractivity contribution in [3.63, 3.8) is 0 Å². The van der Waals surface area contributed by atoms with Crippen molar-refractivity contribution < 1.29 is 9.59 Å². The molecule has 3 rings (SSSR count). The first-order chi connectivity index (χ1) is 14.0. The van der Waals surface area contributed by atoms with Crippen molar-refractivity contribution in [2.24, 2.45) is 0 Å². The van der Waals surface area contributed by atoms with Crippen LogP contribution in [0.2, 0.25) is 10.0 Å². The van der Waals surface area contributed by atoms with Crippen LogP contribution in [-0.4, -0.2) is 22.8 Å². The summed E-state index contributed by atoms with van der Waals surface area (Å²) >= 11 is 12.1. The van der Waals surface area contributed by atoms with Gasteiger partial charge in [-0.1, -0.05) is 65.7 Å². The fourth-order valence-electron chi connectivity index (χ4n) is 2.93. The third-order valence-electron chi connectivity index (χ3n) is 4.39. The largest absolute Gasteiger partial charge is 0.354 e. The summed E-state index contributed by atoms with van der Waals surface area (Å²) in [6.07, 6.45) is 1.89. The van der Waals surface area contributed by atoms with Crippen LogP contribution in [0.15, 0.2) is 77.7 Å². The van der Waals surface area contributed by atoms with Crippen LogP contribution in [-0.2, 0) is 11.2 Å². The van der Waals surface area contributed by atoms with Gasteiger partial charge in [0.2, 0.25) is 0 Å². The topological polar surface area (TPSA) is 68.2 Å². The third-order valence-corrected chi connectivity index (χ3v) is 4.98. The van der Waals surface area contributed by atoms with Gasteiger partial charge >= 0.3 is 0 Å². The molecular weight excluding hydrogens is 411 g/mol. The maximum atomic E-state index is 13.0. The van der Waals surface area contributed by atoms with Gasteiger partial charge in [0, 0.05) is 34.4 Å². The Bertz CT molecular complexity index is 1080. The van der Waals surface area contributed by atoms with E-state index in [4.69, 9.17) is 23.2 Å². The summed E-state index contributed by atoms with van der Waals surface area (Å²) in [4.78, 5) is 38.2. The van der Waals surface area contributed by atoms with Gasteiger partial charge in [-0.05, 0) is 30.2 Å². The number of carbonyl (C=O) groups excluding carboxylic acids is 2. The van der Waals surface area contributed by atoms with Gasteiger partial charge in [0.05, 0.1) is 0 Å². The number of amides is 1. The fraction of sp³-hybridized carbons (Fsp3) is 0.136. The Morgan fingerprint density at radius 2 is 1.69 bits per heavy atom. The molecule has 1 N–H and O–H groups in total. The van der Waals surface area contributed by atoms with Crippen LogP contribution in [0.1, 0.15) is 22.0 Å². The van der Waals surface area contributed by atoms with E-state index in [1.807, 2.05) is 0 Å². The van der Waals surface area contributed by atoms with Gasteiger partial charge in [-0.15, -0.1) is 0 Å². The van der Waals surface area contributed by atoms with Gasteiger partial charge in [-0.3, -0.25) is 19.0 Å². The minimum absolute atomic E-state index is 0.250. The molecule has 0 bridgehead atoms. The van der Waals surface area contributed by atoms with Crippen LogP contribution in [0.4, 0.5) is 0 Å². The van der Waals surface area contributed by atoms with Crippen LogP contribution in [0, 0.1) is 0 Å². The number of nitrogens with zero attached hydrogens (tertiary/aromatic N) is 1. The van der Waals surface area contributed by atoms with Gasteiger partial charge in [-0.25, -0.2) is 0 Å². The van der Waals surface area contributed by atoms with E-state index in [0.29, 0.717) is 22.0 Å². The summed E-state index contributed by atoms with van der Waals surface area (Å²) in [5.74, 6) is -1.02. The SMILES string of the molecule is O=C(NCCc1ccc(Cl)cc1Cl)C(C(=O)c1ccccc1)n1ccccc1=O. The second-order valence-corrected chi connectivity index (χ2v) is 7.20. The zero-order chi connectivity index (χ0) is 20.8. The van der Waals surface area contributed by atoms with E-state index in [-0.39, 0.29) is 6.54 Å². The maximum absolute atomic E-state index is 13.0. The van der Waals surface area contributed by atoms with Crippen LogP contribution in [0.5, 0.6) is 0 Å². The van der Waals surface area contributed by atoms with Gasteiger partial charge in [0.1, 0.15) is 0 Å². The van der Waals surface area contributed by atoms with Crippen LogP contribution >= 0.6 is 23.2 Å². The molecule has 0 aliphatic heterocycles. The molecule has 0 radical (unpaired) electrons. The lowest BCUT2D eigenvalue weighted by Crippen LogP contribution is -2.41. The molecule has 5 nitrogen and oxygen atoms in total. The molecule has 148 valence electrons. The summed E-state index contributed by atoms with van der Waals surface area (Å²) in [6.45, 7) is 0.250. The number of halogens is 2. The van der Waals surface area contributed by atoms with E-state index in [2.05, 4.69) is 5.32 Å². The number of hydrogen-bond donors (Lipinski definition) is 1. The summed E-state index contributed by atoms with van der Waals surface area (Å²) in [6, 6.07) is 16.7. The van der Waals surface area contributed by atoms with Crippen molar-refractivity contribution >= 4 is 34.9 Å². The average Bonchev–Trinajstić information content (AvgIpc) is 2.72. The molecule has 7 heteroatoms. The lowest BCUT2D eigenvalue weighted by atomic mass is 10.0. The Labute approximate surface area is 177 Å². The molecule has 0 saturated heterocycles. The number of hydrogen-bond acceptors (Lipinski definition) is 3. The highest BCUT2D eigenvalue weighted by atomic mass is 35.5. The molecule has 0 fully saturated rings. The number of rotatable bonds is 7. The normalized spacial score (nSPS) is 11.7.